The van der Waals surface area contributed by atoms with Crippen LogP contribution in [0.25, 0.3) is 22.3 Å². The second kappa shape index (κ2) is 13.3. The van der Waals surface area contributed by atoms with Gasteiger partial charge in [0.2, 0.25) is 5.91 Å². The van der Waals surface area contributed by atoms with Gasteiger partial charge in [-0.1, -0.05) is 13.8 Å². The lowest BCUT2D eigenvalue weighted by molar-refractivity contribution is -0.170. The van der Waals surface area contributed by atoms with Crippen molar-refractivity contribution in [2.75, 3.05) is 26.4 Å². The highest BCUT2D eigenvalue weighted by Crippen LogP contribution is 2.42. The van der Waals surface area contributed by atoms with Crippen molar-refractivity contribution in [3.05, 3.63) is 69.0 Å². The number of carboxylic acids is 1. The monoisotopic (exact) mass is 680 g/mol. The minimum Gasteiger partial charge on any atom is -0.478 e. The van der Waals surface area contributed by atoms with Gasteiger partial charge in [0.1, 0.15) is 12.3 Å². The van der Waals surface area contributed by atoms with Gasteiger partial charge in [-0.3, -0.25) is 19.2 Å². The lowest BCUT2D eigenvalue weighted by Crippen LogP contribution is -2.47. The van der Waals surface area contributed by atoms with E-state index in [2.05, 4.69) is 5.32 Å². The van der Waals surface area contributed by atoms with Gasteiger partial charge in [0.05, 0.1) is 29.2 Å². The molecule has 3 aromatic rings. The number of ether oxygens (including phenoxy) is 1. The third-order valence-electron chi connectivity index (χ3n) is 8.32. The number of amides is 1. The molecule has 1 aromatic carbocycles. The van der Waals surface area contributed by atoms with E-state index < -0.39 is 45.9 Å². The Labute approximate surface area is 276 Å². The average molecular weight is 681 g/mol. The van der Waals surface area contributed by atoms with Crippen LogP contribution in [-0.2, 0) is 59.1 Å². The van der Waals surface area contributed by atoms with Crippen LogP contribution in [-0.4, -0.2) is 78.0 Å². The number of rotatable bonds is 12. The molecule has 0 saturated heterocycles. The Bertz CT molecular complexity index is 2050. The van der Waals surface area contributed by atoms with E-state index in [0.717, 1.165) is 6.08 Å². The van der Waals surface area contributed by atoms with E-state index >= 15 is 0 Å². The van der Waals surface area contributed by atoms with Crippen molar-refractivity contribution in [3.63, 3.8) is 0 Å². The zero-order valence-corrected chi connectivity index (χ0v) is 27.8. The average Bonchev–Trinajstić information content (AvgIpc) is 3.38. The smallest absolute Gasteiger partial charge is 0.328 e. The van der Waals surface area contributed by atoms with E-state index in [1.54, 1.807) is 36.6 Å². The van der Waals surface area contributed by atoms with Crippen LogP contribution >= 0.6 is 0 Å². The minimum atomic E-state index is -3.82. The number of ketones is 1. The lowest BCUT2D eigenvalue weighted by Gasteiger charge is -2.36. The van der Waals surface area contributed by atoms with Crippen LogP contribution in [0.5, 0.6) is 5.75 Å². The Hall–Kier alpha value is -4.89. The lowest BCUT2D eigenvalue weighted by atomic mass is 9.76. The molecule has 1 unspecified atom stereocenters. The van der Waals surface area contributed by atoms with E-state index in [9.17, 15) is 32.4 Å². The molecule has 2 aliphatic rings. The number of Topliss-reactive ketones (excluding diaryl/α,β-unsaturated/α-hetero) is 1. The molecule has 1 atom stereocenters. The fourth-order valence-corrected chi connectivity index (χ4v) is 7.24. The molecular formula is C33H36N4O10S. The van der Waals surface area contributed by atoms with Crippen LogP contribution in [0, 0.1) is 0 Å². The molecule has 0 saturated carbocycles. The first kappa shape index (κ1) is 34.4. The Balaban J connectivity index is 1.57. The van der Waals surface area contributed by atoms with Crippen molar-refractivity contribution >= 4 is 44.7 Å². The van der Waals surface area contributed by atoms with Crippen molar-refractivity contribution in [1.82, 2.24) is 19.8 Å². The van der Waals surface area contributed by atoms with Gasteiger partial charge < -0.3 is 28.8 Å². The topological polar surface area (TPSA) is 191 Å². The molecule has 254 valence electrons. The second-order valence-corrected chi connectivity index (χ2v) is 13.7. The number of pyridine rings is 2. The molecule has 0 fully saturated rings. The number of aliphatic carboxylic acids is 1. The first-order valence-electron chi connectivity index (χ1n) is 15.4. The summed E-state index contributed by atoms with van der Waals surface area (Å²) < 4.78 is 38.0. The quantitative estimate of drug-likeness (QED) is 0.126. The van der Waals surface area contributed by atoms with Crippen molar-refractivity contribution in [2.24, 2.45) is 0 Å². The molecule has 1 amide bonds. The van der Waals surface area contributed by atoms with Crippen LogP contribution in [0.3, 0.4) is 0 Å². The Morgan fingerprint density at radius 2 is 1.88 bits per heavy atom. The molecular weight excluding hydrogens is 644 g/mol. The number of nitrogens with one attached hydrogen (secondary N) is 1. The fraction of sp³-hybridized carbons (Fsp3) is 0.394. The fourth-order valence-electron chi connectivity index (χ4n) is 6.23. The number of fused-ring (bicyclic) bond motifs is 5. The van der Waals surface area contributed by atoms with Crippen LogP contribution in [0.1, 0.15) is 55.4 Å². The number of carboxylic acid groups (broad SMARTS) is 1. The number of hydrogen-bond donors (Lipinski definition) is 2. The van der Waals surface area contributed by atoms with Gasteiger partial charge >= 0.3 is 22.1 Å². The Kier molecular flexibility index (Phi) is 9.55. The van der Waals surface area contributed by atoms with Gasteiger partial charge in [-0.2, -0.15) is 8.42 Å². The van der Waals surface area contributed by atoms with Crippen LogP contribution in [0.2, 0.25) is 0 Å². The predicted molar refractivity (Wildman–Crippen MR) is 174 cm³/mol. The summed E-state index contributed by atoms with van der Waals surface area (Å²) in [7, 11) is -0.116. The standard InChI is InChI=1S/C33H36N4O10S/c1-5-13-48(44,45)47-26-9-8-24-21(22(26)18-36(3)4)14-19-17-37-25(31(19)35-24)15-23-20(32(37)43)7-10-27(38)33(23,6-2)46-30(42)16-34-28(39)11-12-29(40)41/h8-9,11-12,14-15H,5-7,10,13,16-18H2,1-4H3,(H,34,39)(H,40,41)/b12-11-. The summed E-state index contributed by atoms with van der Waals surface area (Å²) in [5, 5.41) is 11.6. The largest absolute Gasteiger partial charge is 0.478 e. The number of carbonyl (C=O) groups is 4. The highest BCUT2D eigenvalue weighted by Gasteiger charge is 2.48. The number of benzene rings is 1. The summed E-state index contributed by atoms with van der Waals surface area (Å²) in [6, 6.07) is 6.77. The molecule has 2 N–H and O–H groups in total. The summed E-state index contributed by atoms with van der Waals surface area (Å²) in [5.74, 6) is -3.43. The van der Waals surface area contributed by atoms with E-state index in [-0.39, 0.29) is 48.4 Å². The molecule has 14 nitrogen and oxygen atoms in total. The number of hydrogen-bond acceptors (Lipinski definition) is 11. The molecule has 5 rings (SSSR count). The minimum absolute atomic E-state index is 0.0238. The molecule has 3 heterocycles. The molecule has 1 aliphatic heterocycles. The van der Waals surface area contributed by atoms with Gasteiger partial charge in [0.15, 0.2) is 11.4 Å². The zero-order valence-electron chi connectivity index (χ0n) is 27.0. The summed E-state index contributed by atoms with van der Waals surface area (Å²) in [4.78, 5) is 69.7. The first-order chi connectivity index (χ1) is 22.7. The summed E-state index contributed by atoms with van der Waals surface area (Å²) in [6.45, 7) is 3.32. The predicted octanol–water partition coefficient (Wildman–Crippen LogP) is 2.03. The van der Waals surface area contributed by atoms with E-state index in [0.29, 0.717) is 58.0 Å². The van der Waals surface area contributed by atoms with Gasteiger partial charge in [0, 0.05) is 52.8 Å². The molecule has 1 aliphatic carbocycles. The third kappa shape index (κ3) is 6.60. The highest BCUT2D eigenvalue weighted by atomic mass is 32.2. The van der Waals surface area contributed by atoms with Crippen molar-refractivity contribution in [3.8, 4) is 17.1 Å². The molecule has 48 heavy (non-hydrogen) atoms. The SMILES string of the molecule is CCCS(=O)(=O)Oc1ccc2nc3c(cc2c1CN(C)C)Cn1c-3cc2c(c1=O)CCC(=O)C2(CC)OC(=O)CNC(=O)/C=C\C(=O)O. The zero-order chi connectivity index (χ0) is 35.0. The highest BCUT2D eigenvalue weighted by molar-refractivity contribution is 7.87. The molecule has 0 bridgehead atoms. The second-order valence-electron chi connectivity index (χ2n) is 12.0. The molecule has 15 heteroatoms. The number of aromatic nitrogens is 2. The summed E-state index contributed by atoms with van der Waals surface area (Å²) in [5.41, 5.74) is 1.28. The third-order valence-corrected chi connectivity index (χ3v) is 9.66. The molecule has 0 spiro atoms. The van der Waals surface area contributed by atoms with Crippen LogP contribution in [0.15, 0.2) is 41.2 Å². The number of carbonyl (C=O) groups excluding carboxylic acids is 3. The number of esters is 1. The van der Waals surface area contributed by atoms with Gasteiger partial charge in [-0.15, -0.1) is 0 Å². The maximum atomic E-state index is 14.0. The Morgan fingerprint density at radius 3 is 2.54 bits per heavy atom. The van der Waals surface area contributed by atoms with E-state index in [1.165, 1.54) is 0 Å². The first-order valence-corrected chi connectivity index (χ1v) is 17.0. The van der Waals surface area contributed by atoms with Crippen LogP contribution < -0.4 is 15.1 Å². The summed E-state index contributed by atoms with van der Waals surface area (Å²) in [6.07, 6.45) is 1.90. The molecule has 2 aromatic heterocycles. The van der Waals surface area contributed by atoms with Gasteiger partial charge in [0.25, 0.3) is 5.56 Å². The van der Waals surface area contributed by atoms with Gasteiger partial charge in [-0.05, 0) is 57.6 Å². The maximum Gasteiger partial charge on any atom is 0.328 e. The maximum absolute atomic E-state index is 14.0. The van der Waals surface area contributed by atoms with Crippen molar-refractivity contribution < 1.29 is 41.6 Å². The Morgan fingerprint density at radius 1 is 1.12 bits per heavy atom. The summed E-state index contributed by atoms with van der Waals surface area (Å²) >= 11 is 0. The molecule has 0 radical (unpaired) electrons. The van der Waals surface area contributed by atoms with E-state index in [1.807, 2.05) is 25.1 Å². The van der Waals surface area contributed by atoms with Gasteiger partial charge in [-0.25, -0.2) is 9.78 Å². The van der Waals surface area contributed by atoms with Crippen molar-refractivity contribution in [1.29, 1.82) is 0 Å². The van der Waals surface area contributed by atoms with E-state index in [4.69, 9.17) is 19.0 Å². The normalized spacial score (nSPS) is 16.9. The number of nitrogens with zero attached hydrogens (tertiary/aromatic N) is 3. The van der Waals surface area contributed by atoms with Crippen molar-refractivity contribution in [2.45, 2.75) is 58.2 Å². The van der Waals surface area contributed by atoms with Crippen LogP contribution in [0.4, 0.5) is 0 Å².